The fourth-order valence-electron chi connectivity index (χ4n) is 2.59. The zero-order valence-corrected chi connectivity index (χ0v) is 15.8. The van der Waals surface area contributed by atoms with E-state index < -0.39 is 0 Å². The third-order valence-electron chi connectivity index (χ3n) is 3.95. The number of pyridine rings is 2. The van der Waals surface area contributed by atoms with E-state index in [0.29, 0.717) is 13.1 Å². The van der Waals surface area contributed by atoms with E-state index in [-0.39, 0.29) is 6.10 Å². The summed E-state index contributed by atoms with van der Waals surface area (Å²) in [5.74, 6) is 0.738. The summed E-state index contributed by atoms with van der Waals surface area (Å²) in [7, 11) is 0. The van der Waals surface area contributed by atoms with Crippen LogP contribution in [0.3, 0.4) is 0 Å². The maximum atomic E-state index is 9.32. The number of nitrogens with zero attached hydrogens (tertiary/aromatic N) is 2. The summed E-state index contributed by atoms with van der Waals surface area (Å²) >= 11 is 3.55. The smallest absolute Gasteiger partial charge is 0.156 e. The molecule has 3 aromatic rings. The number of hydrogen-bond donors (Lipinski definition) is 3. The average Bonchev–Trinajstić information content (AvgIpc) is 2.59. The molecule has 0 aliphatic carbocycles. The average molecular weight is 401 g/mol. The highest BCUT2D eigenvalue weighted by Crippen LogP contribution is 2.28. The molecule has 2 aromatic heterocycles. The fourth-order valence-corrected chi connectivity index (χ4v) is 2.96. The van der Waals surface area contributed by atoms with Crippen molar-refractivity contribution in [1.82, 2.24) is 15.3 Å². The van der Waals surface area contributed by atoms with Gasteiger partial charge in [-0.1, -0.05) is 22.0 Å². The molecular weight excluding hydrogens is 380 g/mol. The minimum Gasteiger partial charge on any atom is -0.392 e. The summed E-state index contributed by atoms with van der Waals surface area (Å²) in [6, 6.07) is 10.1. The van der Waals surface area contributed by atoms with Crippen LogP contribution in [0.5, 0.6) is 0 Å². The van der Waals surface area contributed by atoms with Crippen LogP contribution in [0.15, 0.2) is 47.2 Å². The highest BCUT2D eigenvalue weighted by molar-refractivity contribution is 9.10. The minimum atomic E-state index is -0.359. The van der Waals surface area contributed by atoms with E-state index in [0.717, 1.165) is 38.0 Å². The van der Waals surface area contributed by atoms with Crippen molar-refractivity contribution in [3.05, 3.63) is 58.3 Å². The summed E-state index contributed by atoms with van der Waals surface area (Å²) in [5.41, 5.74) is 4.03. The van der Waals surface area contributed by atoms with E-state index in [1.54, 1.807) is 13.1 Å². The SMILES string of the molecule is Cc1c(Br)cccc1Nc1nccc2cc(CNC[C@@H](C)O)cnc12. The van der Waals surface area contributed by atoms with Crippen molar-refractivity contribution in [3.8, 4) is 0 Å². The second kappa shape index (κ2) is 7.91. The Morgan fingerprint density at radius 2 is 2.08 bits per heavy atom. The summed E-state index contributed by atoms with van der Waals surface area (Å²) < 4.78 is 1.05. The highest BCUT2D eigenvalue weighted by Gasteiger charge is 2.08. The van der Waals surface area contributed by atoms with E-state index >= 15 is 0 Å². The quantitative estimate of drug-likeness (QED) is 0.584. The van der Waals surface area contributed by atoms with E-state index in [9.17, 15) is 5.11 Å². The molecule has 0 radical (unpaired) electrons. The van der Waals surface area contributed by atoms with Gasteiger partial charge in [0.2, 0.25) is 0 Å². The van der Waals surface area contributed by atoms with Crippen LogP contribution in [0.1, 0.15) is 18.1 Å². The molecule has 0 aliphatic rings. The Bertz CT molecular complexity index is 882. The van der Waals surface area contributed by atoms with E-state index in [1.807, 2.05) is 30.5 Å². The second-order valence-electron chi connectivity index (χ2n) is 6.09. The number of aromatic nitrogens is 2. The van der Waals surface area contributed by atoms with Gasteiger partial charge < -0.3 is 15.7 Å². The molecule has 1 atom stereocenters. The molecule has 1 aromatic carbocycles. The highest BCUT2D eigenvalue weighted by atomic mass is 79.9. The molecule has 0 bridgehead atoms. The molecule has 3 N–H and O–H groups in total. The number of anilines is 2. The Kier molecular flexibility index (Phi) is 5.63. The largest absolute Gasteiger partial charge is 0.392 e. The molecule has 0 amide bonds. The zero-order valence-electron chi connectivity index (χ0n) is 14.3. The molecule has 0 spiro atoms. The van der Waals surface area contributed by atoms with Gasteiger partial charge in [-0.15, -0.1) is 0 Å². The van der Waals surface area contributed by atoms with Crippen LogP contribution in [0.25, 0.3) is 10.9 Å². The molecule has 5 nitrogen and oxygen atoms in total. The maximum Gasteiger partial charge on any atom is 0.156 e. The number of aliphatic hydroxyl groups is 1. The number of hydrogen-bond acceptors (Lipinski definition) is 5. The first-order valence-corrected chi connectivity index (χ1v) is 8.98. The van der Waals surface area contributed by atoms with Gasteiger partial charge >= 0.3 is 0 Å². The number of rotatable bonds is 6. The lowest BCUT2D eigenvalue weighted by molar-refractivity contribution is 0.191. The predicted molar refractivity (Wildman–Crippen MR) is 105 cm³/mol. The third-order valence-corrected chi connectivity index (χ3v) is 4.80. The van der Waals surface area contributed by atoms with Crippen molar-refractivity contribution in [2.24, 2.45) is 0 Å². The number of aliphatic hydroxyl groups excluding tert-OH is 1. The normalized spacial score (nSPS) is 12.3. The molecular formula is C19H21BrN4O. The van der Waals surface area contributed by atoms with E-state index in [1.165, 1.54) is 0 Å². The molecule has 3 rings (SSSR count). The van der Waals surface area contributed by atoms with E-state index in [4.69, 9.17) is 0 Å². The van der Waals surface area contributed by atoms with Crippen LogP contribution in [-0.4, -0.2) is 27.7 Å². The summed E-state index contributed by atoms with van der Waals surface area (Å²) in [5, 5.41) is 16.9. The van der Waals surface area contributed by atoms with Gasteiger partial charge in [0.05, 0.1) is 6.10 Å². The standard InChI is InChI=1S/C19H21BrN4O/c1-12(25)9-21-10-14-8-15-6-7-22-19(18(15)23-11-14)24-17-5-3-4-16(20)13(17)2/h3-8,11-12,21,25H,9-10H2,1-2H3,(H,22,24)/t12-/m1/s1. The molecule has 25 heavy (non-hydrogen) atoms. The van der Waals surface area contributed by atoms with Gasteiger partial charge in [0, 0.05) is 41.0 Å². The van der Waals surface area contributed by atoms with Gasteiger partial charge in [0.1, 0.15) is 5.52 Å². The number of fused-ring (bicyclic) bond motifs is 1. The summed E-state index contributed by atoms with van der Waals surface area (Å²) in [4.78, 5) is 9.04. The fraction of sp³-hybridized carbons (Fsp3) is 0.263. The number of halogens is 1. The lowest BCUT2D eigenvalue weighted by Crippen LogP contribution is -2.23. The topological polar surface area (TPSA) is 70.1 Å². The van der Waals surface area contributed by atoms with E-state index in [2.05, 4.69) is 49.5 Å². The molecule has 130 valence electrons. The molecule has 0 saturated heterocycles. The molecule has 0 aliphatic heterocycles. The summed E-state index contributed by atoms with van der Waals surface area (Å²) in [6.45, 7) is 5.04. The van der Waals surface area contributed by atoms with Crippen LogP contribution in [0.4, 0.5) is 11.5 Å². The van der Waals surface area contributed by atoms with Crippen LogP contribution in [-0.2, 0) is 6.54 Å². The van der Waals surface area contributed by atoms with Crippen molar-refractivity contribution in [3.63, 3.8) is 0 Å². The van der Waals surface area contributed by atoms with Crippen LogP contribution in [0.2, 0.25) is 0 Å². The third kappa shape index (κ3) is 4.34. The molecule has 0 saturated carbocycles. The van der Waals surface area contributed by atoms with Crippen LogP contribution >= 0.6 is 15.9 Å². The Hall–Kier alpha value is -2.02. The van der Waals surface area contributed by atoms with Crippen molar-refractivity contribution >= 4 is 38.3 Å². The summed E-state index contributed by atoms with van der Waals surface area (Å²) in [6.07, 6.45) is 3.27. The lowest BCUT2D eigenvalue weighted by Gasteiger charge is -2.12. The molecule has 0 fully saturated rings. The van der Waals surface area contributed by atoms with Gasteiger partial charge in [-0.05, 0) is 49.2 Å². The van der Waals surface area contributed by atoms with Gasteiger partial charge in [-0.2, -0.15) is 0 Å². The zero-order chi connectivity index (χ0) is 17.8. The molecule has 0 unspecified atom stereocenters. The first-order chi connectivity index (χ1) is 12.0. The van der Waals surface area contributed by atoms with Crippen molar-refractivity contribution in [2.75, 3.05) is 11.9 Å². The minimum absolute atomic E-state index is 0.359. The Balaban J connectivity index is 1.86. The Morgan fingerprint density at radius 1 is 1.24 bits per heavy atom. The van der Waals surface area contributed by atoms with Crippen molar-refractivity contribution < 1.29 is 5.11 Å². The molecule has 2 heterocycles. The van der Waals surface area contributed by atoms with Crippen molar-refractivity contribution in [2.45, 2.75) is 26.5 Å². The van der Waals surface area contributed by atoms with Gasteiger partial charge in [-0.3, -0.25) is 4.98 Å². The first kappa shape index (κ1) is 17.8. The second-order valence-corrected chi connectivity index (χ2v) is 6.95. The van der Waals surface area contributed by atoms with Crippen LogP contribution in [0, 0.1) is 6.92 Å². The first-order valence-electron chi connectivity index (χ1n) is 8.19. The van der Waals surface area contributed by atoms with Crippen LogP contribution < -0.4 is 10.6 Å². The molecule has 6 heteroatoms. The van der Waals surface area contributed by atoms with Gasteiger partial charge in [-0.25, -0.2) is 4.98 Å². The lowest BCUT2D eigenvalue weighted by atomic mass is 10.1. The van der Waals surface area contributed by atoms with Gasteiger partial charge in [0.15, 0.2) is 5.82 Å². The number of benzene rings is 1. The van der Waals surface area contributed by atoms with Gasteiger partial charge in [0.25, 0.3) is 0 Å². The number of nitrogens with one attached hydrogen (secondary N) is 2. The Labute approximate surface area is 155 Å². The van der Waals surface area contributed by atoms with Crippen molar-refractivity contribution in [1.29, 1.82) is 0 Å². The Morgan fingerprint density at radius 3 is 2.88 bits per heavy atom. The maximum absolute atomic E-state index is 9.32. The predicted octanol–water partition coefficient (Wildman–Crippen LogP) is 3.91. The monoisotopic (exact) mass is 400 g/mol.